The van der Waals surface area contributed by atoms with Gasteiger partial charge in [0.05, 0.1) is 0 Å². The molecule has 0 aliphatic rings. The first-order chi connectivity index (χ1) is 11.2. The summed E-state index contributed by atoms with van der Waals surface area (Å²) in [5.74, 6) is 0. The van der Waals surface area contributed by atoms with E-state index in [1.165, 1.54) is 10.7 Å². The molecular weight excluding hydrogens is 633 g/mol. The lowest BCUT2D eigenvalue weighted by Crippen LogP contribution is -1.61. The van der Waals surface area contributed by atoms with Crippen LogP contribution in [0.15, 0.2) is 91.0 Å². The lowest BCUT2D eigenvalue weighted by atomic mass is 10.4. The summed E-state index contributed by atoms with van der Waals surface area (Å²) in [4.78, 5) is 0. The van der Waals surface area contributed by atoms with E-state index in [1.54, 1.807) is 0 Å². The molecule has 3 heteroatoms. The van der Waals surface area contributed by atoms with Crippen molar-refractivity contribution in [3.05, 3.63) is 102 Å². The van der Waals surface area contributed by atoms with Crippen LogP contribution in [0.25, 0.3) is 0 Å². The second-order valence-corrected chi connectivity index (χ2v) is 7.62. The molecule has 0 atom stereocenters. The van der Waals surface area contributed by atoms with Crippen molar-refractivity contribution in [2.45, 2.75) is 21.3 Å². The van der Waals surface area contributed by atoms with E-state index in [2.05, 4.69) is 104 Å². The molecule has 0 saturated carbocycles. The van der Waals surface area contributed by atoms with E-state index in [-0.39, 0.29) is 8.85 Å². The summed E-state index contributed by atoms with van der Waals surface area (Å²) in [6, 6.07) is 30.6. The highest BCUT2D eigenvalue weighted by Gasteiger charge is 1.75. The van der Waals surface area contributed by atoms with Crippen LogP contribution in [0.1, 0.15) is 22.7 Å². The highest BCUT2D eigenvalue weighted by atomic mass is 127. The predicted octanol–water partition coefficient (Wildman–Crippen LogP) is 8.78. The van der Waals surface area contributed by atoms with Crippen LogP contribution in [0, 0.1) is 10.7 Å². The maximum absolute atomic E-state index is 2.28. The van der Waals surface area contributed by atoms with Gasteiger partial charge in [0.25, 0.3) is 0 Å². The van der Waals surface area contributed by atoms with Gasteiger partial charge >= 0.3 is 0 Å². The Morgan fingerprint density at radius 1 is 0.458 bits per heavy atom. The molecule has 3 aromatic rings. The molecule has 0 aliphatic heterocycles. The SMILES string of the molecule is C.CC.Ic1ccccc1.Ic1ccccc1.Ic1ccccc1.[HH]. The average Bonchev–Trinajstić information content (AvgIpc) is 2.60. The second-order valence-electron chi connectivity index (χ2n) is 3.89. The molecule has 0 spiro atoms. The van der Waals surface area contributed by atoms with E-state index >= 15 is 0 Å². The highest BCUT2D eigenvalue weighted by molar-refractivity contribution is 14.1. The monoisotopic (exact) mass is 660 g/mol. The normalized spacial score (nSPS) is 7.88. The third kappa shape index (κ3) is 16.7. The largest absolute Gasteiger partial charge is 0.0776 e. The van der Waals surface area contributed by atoms with Crippen molar-refractivity contribution in [2.24, 2.45) is 0 Å². The van der Waals surface area contributed by atoms with Crippen LogP contribution in [0.4, 0.5) is 0 Å². The van der Waals surface area contributed by atoms with Gasteiger partial charge < -0.3 is 0 Å². The standard InChI is InChI=1S/3C6H5I.C2H6.CH4.H2/c3*7-6-4-2-1-3-5-6;1-2;;/h3*1-5H;1-2H3;1H4;1H. The van der Waals surface area contributed by atoms with Crippen molar-refractivity contribution >= 4 is 67.8 Å². The Balaban J connectivity index is -0.000000266. The van der Waals surface area contributed by atoms with Gasteiger partial charge in [-0.15, -0.1) is 0 Å². The zero-order valence-corrected chi connectivity index (χ0v) is 19.8. The smallest absolute Gasteiger partial charge is 0.0130 e. The van der Waals surface area contributed by atoms with E-state index in [9.17, 15) is 0 Å². The molecule has 0 aliphatic carbocycles. The van der Waals surface area contributed by atoms with E-state index in [0.717, 1.165) is 0 Å². The molecule has 3 rings (SSSR count). The highest BCUT2D eigenvalue weighted by Crippen LogP contribution is 2.01. The summed E-state index contributed by atoms with van der Waals surface area (Å²) < 4.78 is 3.88. The number of hydrogen-bond donors (Lipinski definition) is 0. The summed E-state index contributed by atoms with van der Waals surface area (Å²) >= 11 is 6.84. The van der Waals surface area contributed by atoms with Gasteiger partial charge in [-0.2, -0.15) is 0 Å². The van der Waals surface area contributed by atoms with Gasteiger partial charge in [0, 0.05) is 12.1 Å². The molecule has 0 saturated heterocycles. The molecule has 0 bridgehead atoms. The van der Waals surface area contributed by atoms with E-state index in [0.29, 0.717) is 0 Å². The first-order valence-corrected chi connectivity index (χ1v) is 10.5. The molecular formula is C21H27I3. The molecule has 24 heavy (non-hydrogen) atoms. The Morgan fingerprint density at radius 2 is 0.625 bits per heavy atom. The predicted molar refractivity (Wildman–Crippen MR) is 138 cm³/mol. The topological polar surface area (TPSA) is 0 Å². The fourth-order valence-electron chi connectivity index (χ4n) is 1.24. The van der Waals surface area contributed by atoms with E-state index < -0.39 is 0 Å². The Morgan fingerprint density at radius 3 is 0.708 bits per heavy atom. The zero-order chi connectivity index (χ0) is 17.3. The van der Waals surface area contributed by atoms with Gasteiger partial charge in [0.2, 0.25) is 0 Å². The van der Waals surface area contributed by atoms with Gasteiger partial charge in [0.1, 0.15) is 0 Å². The summed E-state index contributed by atoms with van der Waals surface area (Å²) in [6.45, 7) is 4.00. The molecule has 0 unspecified atom stereocenters. The minimum atomic E-state index is 0. The molecule has 3 aromatic carbocycles. The van der Waals surface area contributed by atoms with Crippen molar-refractivity contribution < 1.29 is 1.43 Å². The third-order valence-electron chi connectivity index (χ3n) is 2.20. The van der Waals surface area contributed by atoms with Crippen molar-refractivity contribution in [2.75, 3.05) is 0 Å². The minimum Gasteiger partial charge on any atom is -0.0776 e. The van der Waals surface area contributed by atoms with Crippen LogP contribution in [-0.4, -0.2) is 0 Å². The molecule has 132 valence electrons. The number of halogens is 3. The Kier molecular flexibility index (Phi) is 20.8. The van der Waals surface area contributed by atoms with Crippen LogP contribution in [-0.2, 0) is 0 Å². The molecule has 0 radical (unpaired) electrons. The van der Waals surface area contributed by atoms with Gasteiger partial charge in [0.15, 0.2) is 0 Å². The van der Waals surface area contributed by atoms with E-state index in [4.69, 9.17) is 0 Å². The molecule has 0 amide bonds. The summed E-state index contributed by atoms with van der Waals surface area (Å²) in [6.07, 6.45) is 0. The first kappa shape index (κ1) is 26.1. The van der Waals surface area contributed by atoms with Gasteiger partial charge in [-0.3, -0.25) is 0 Å². The lowest BCUT2D eigenvalue weighted by molar-refractivity contribution is 1.50. The van der Waals surface area contributed by atoms with Crippen molar-refractivity contribution in [1.82, 2.24) is 0 Å². The molecule has 0 heterocycles. The van der Waals surface area contributed by atoms with Crippen LogP contribution in [0.5, 0.6) is 0 Å². The number of hydrogen-bond acceptors (Lipinski definition) is 0. The minimum absolute atomic E-state index is 0. The van der Waals surface area contributed by atoms with Crippen molar-refractivity contribution in [1.29, 1.82) is 0 Å². The van der Waals surface area contributed by atoms with Crippen molar-refractivity contribution in [3.8, 4) is 0 Å². The van der Waals surface area contributed by atoms with E-state index in [1.807, 2.05) is 68.4 Å². The molecule has 0 fully saturated rings. The average molecular weight is 660 g/mol. The maximum Gasteiger partial charge on any atom is 0.0130 e. The summed E-state index contributed by atoms with van der Waals surface area (Å²) in [5.41, 5.74) is 0. The fraction of sp³-hybridized carbons (Fsp3) is 0.143. The van der Waals surface area contributed by atoms with Gasteiger partial charge in [-0.05, 0) is 104 Å². The van der Waals surface area contributed by atoms with Crippen LogP contribution >= 0.6 is 67.8 Å². The molecule has 0 N–H and O–H groups in total. The quantitative estimate of drug-likeness (QED) is 0.212. The van der Waals surface area contributed by atoms with Crippen LogP contribution in [0.3, 0.4) is 0 Å². The number of rotatable bonds is 0. The number of benzene rings is 3. The molecule has 0 nitrogen and oxygen atoms in total. The molecule has 0 aromatic heterocycles. The maximum atomic E-state index is 2.28. The third-order valence-corrected chi connectivity index (χ3v) is 4.36. The Bertz CT molecular complexity index is 498. The Hall–Kier alpha value is -0.150. The van der Waals surface area contributed by atoms with Crippen molar-refractivity contribution in [3.63, 3.8) is 0 Å². The fourth-order valence-corrected chi connectivity index (χ4v) is 2.49. The van der Waals surface area contributed by atoms with Gasteiger partial charge in [-0.25, -0.2) is 0 Å². The summed E-state index contributed by atoms with van der Waals surface area (Å²) in [5, 5.41) is 0. The van der Waals surface area contributed by atoms with Crippen LogP contribution < -0.4 is 0 Å². The van der Waals surface area contributed by atoms with Gasteiger partial charge in [-0.1, -0.05) is 75.9 Å². The lowest BCUT2D eigenvalue weighted by Gasteiger charge is -1.80. The zero-order valence-electron chi connectivity index (χ0n) is 13.3. The second kappa shape index (κ2) is 19.2. The Labute approximate surface area is 190 Å². The van der Waals surface area contributed by atoms with Crippen LogP contribution in [0.2, 0.25) is 0 Å². The first-order valence-electron chi connectivity index (χ1n) is 7.30. The summed E-state index contributed by atoms with van der Waals surface area (Å²) in [7, 11) is 0.